The van der Waals surface area contributed by atoms with Crippen molar-refractivity contribution in [2.45, 2.75) is 38.0 Å². The number of hydrogen-bond donors (Lipinski definition) is 1. The van der Waals surface area contributed by atoms with Gasteiger partial charge in [-0.15, -0.1) is 0 Å². The van der Waals surface area contributed by atoms with Crippen LogP contribution in [0.2, 0.25) is 0 Å². The van der Waals surface area contributed by atoms with Crippen molar-refractivity contribution < 1.29 is 27.7 Å². The van der Waals surface area contributed by atoms with E-state index in [9.17, 15) is 13.5 Å². The van der Waals surface area contributed by atoms with Crippen molar-refractivity contribution in [3.05, 3.63) is 48.3 Å². The number of rotatable bonds is 10. The first-order valence-corrected chi connectivity index (χ1v) is 14.4. The van der Waals surface area contributed by atoms with Crippen LogP contribution < -0.4 is 14.2 Å². The van der Waals surface area contributed by atoms with Gasteiger partial charge in [0, 0.05) is 6.07 Å². The number of aliphatic hydroxyl groups is 1. The number of pyridine rings is 1. The predicted octanol–water partition coefficient (Wildman–Crippen LogP) is 3.37. The van der Waals surface area contributed by atoms with E-state index < -0.39 is 15.4 Å². The fourth-order valence-electron chi connectivity index (χ4n) is 5.11. The van der Waals surface area contributed by atoms with Crippen molar-refractivity contribution in [2.24, 2.45) is 5.92 Å². The predicted molar refractivity (Wildman–Crippen MR) is 145 cm³/mol. The Balaban J connectivity index is 1.64. The molecule has 0 atom stereocenters. The zero-order valence-electron chi connectivity index (χ0n) is 22.3. The monoisotopic (exact) mass is 553 g/mol. The Morgan fingerprint density at radius 3 is 2.38 bits per heavy atom. The van der Waals surface area contributed by atoms with Gasteiger partial charge in [0.25, 0.3) is 0 Å². The highest BCUT2D eigenvalue weighted by Crippen LogP contribution is 2.39. The summed E-state index contributed by atoms with van der Waals surface area (Å²) in [5.74, 6) is 1.47. The maximum atomic E-state index is 13.0. The molecule has 1 N–H and O–H groups in total. The van der Waals surface area contributed by atoms with Crippen LogP contribution in [0.3, 0.4) is 0 Å². The van der Waals surface area contributed by atoms with Crippen LogP contribution >= 0.6 is 0 Å². The number of methoxy groups -OCH3 is 2. The van der Waals surface area contributed by atoms with Crippen LogP contribution in [0, 0.1) is 5.92 Å². The Hall–Kier alpha value is -3.77. The molecule has 1 aliphatic rings. The molecule has 0 radical (unpaired) electrons. The number of aromatic nitrogens is 5. The van der Waals surface area contributed by atoms with Crippen molar-refractivity contribution in [3.8, 4) is 34.6 Å². The fraction of sp³-hybridized carbons (Fsp3) is 0.407. The highest BCUT2D eigenvalue weighted by Gasteiger charge is 2.40. The first-order chi connectivity index (χ1) is 18.6. The van der Waals surface area contributed by atoms with Crippen molar-refractivity contribution in [1.29, 1.82) is 0 Å². The maximum Gasteiger partial charge on any atom is 0.213 e. The standard InChI is InChI=1S/C27H31N5O6S/c1-5-38-22-11-6-8-19(30-22)25-31-24-26(32(25)23-20(36-3)9-7-10-21(23)37-4)29-18(14-28-24)16-39(34,35)15-17-12-27(2,33)13-17/h6-11,14,17,33H,5,12-13,15-16H2,1-4H3. The number of para-hydroxylation sites is 1. The third-order valence-corrected chi connectivity index (χ3v) is 8.32. The van der Waals surface area contributed by atoms with Gasteiger partial charge in [-0.1, -0.05) is 12.1 Å². The number of ether oxygens (including phenoxy) is 3. The molecule has 3 aromatic heterocycles. The molecule has 0 bridgehead atoms. The maximum absolute atomic E-state index is 13.0. The molecule has 0 aliphatic heterocycles. The second-order valence-electron chi connectivity index (χ2n) is 9.91. The molecule has 1 aliphatic carbocycles. The minimum Gasteiger partial charge on any atom is -0.494 e. The van der Waals surface area contributed by atoms with Crippen LogP contribution in [0.4, 0.5) is 0 Å². The van der Waals surface area contributed by atoms with E-state index >= 15 is 0 Å². The molecule has 0 amide bonds. The van der Waals surface area contributed by atoms with Crippen molar-refractivity contribution in [2.75, 3.05) is 26.6 Å². The molecule has 1 aromatic carbocycles. The lowest BCUT2D eigenvalue weighted by Crippen LogP contribution is -2.43. The third-order valence-electron chi connectivity index (χ3n) is 6.61. The summed E-state index contributed by atoms with van der Waals surface area (Å²) in [5, 5.41) is 10.00. The summed E-state index contributed by atoms with van der Waals surface area (Å²) in [6.07, 6.45) is 2.37. The van der Waals surface area contributed by atoms with E-state index in [-0.39, 0.29) is 23.1 Å². The van der Waals surface area contributed by atoms with Crippen molar-refractivity contribution in [3.63, 3.8) is 0 Å². The molecule has 11 nitrogen and oxygen atoms in total. The Bertz CT molecular complexity index is 1590. The van der Waals surface area contributed by atoms with Gasteiger partial charge in [-0.25, -0.2) is 28.4 Å². The van der Waals surface area contributed by atoms with Gasteiger partial charge < -0.3 is 19.3 Å². The second kappa shape index (κ2) is 10.4. The summed E-state index contributed by atoms with van der Waals surface area (Å²) in [7, 11) is -0.399. The zero-order valence-corrected chi connectivity index (χ0v) is 23.1. The largest absolute Gasteiger partial charge is 0.494 e. The lowest BCUT2D eigenvalue weighted by molar-refractivity contribution is -0.0494. The average molecular weight is 554 g/mol. The van der Waals surface area contributed by atoms with Gasteiger partial charge in [0.05, 0.1) is 49.8 Å². The van der Waals surface area contributed by atoms with E-state index in [1.807, 2.05) is 13.0 Å². The molecular formula is C27H31N5O6S. The molecular weight excluding hydrogens is 522 g/mol. The fourth-order valence-corrected chi connectivity index (χ4v) is 6.77. The summed E-state index contributed by atoms with van der Waals surface area (Å²) in [4.78, 5) is 18.5. The van der Waals surface area contributed by atoms with Gasteiger partial charge >= 0.3 is 0 Å². The van der Waals surface area contributed by atoms with Gasteiger partial charge in [-0.05, 0) is 50.8 Å². The SMILES string of the molecule is CCOc1cccc(-c2nc3ncc(CS(=O)(=O)CC4CC(C)(O)C4)nc3n2-c2c(OC)cccc2OC)n1. The van der Waals surface area contributed by atoms with E-state index in [0.717, 1.165) is 0 Å². The number of sulfone groups is 1. The summed E-state index contributed by atoms with van der Waals surface area (Å²) >= 11 is 0. The van der Waals surface area contributed by atoms with Crippen molar-refractivity contribution >= 4 is 21.1 Å². The Morgan fingerprint density at radius 2 is 1.74 bits per heavy atom. The Morgan fingerprint density at radius 1 is 1.05 bits per heavy atom. The van der Waals surface area contributed by atoms with Crippen LogP contribution in [0.1, 0.15) is 32.4 Å². The average Bonchev–Trinajstić information content (AvgIpc) is 3.25. The molecule has 4 aromatic rings. The van der Waals surface area contributed by atoms with Crippen LogP contribution in [0.25, 0.3) is 28.5 Å². The number of fused-ring (bicyclic) bond motifs is 1. The lowest BCUT2D eigenvalue weighted by Gasteiger charge is -2.40. The smallest absolute Gasteiger partial charge is 0.213 e. The third kappa shape index (κ3) is 5.52. The minimum atomic E-state index is -3.50. The van der Waals surface area contributed by atoms with Crippen LogP contribution in [0.15, 0.2) is 42.6 Å². The number of nitrogens with zero attached hydrogens (tertiary/aromatic N) is 5. The van der Waals surface area contributed by atoms with E-state index in [4.69, 9.17) is 24.2 Å². The summed E-state index contributed by atoms with van der Waals surface area (Å²) in [6, 6.07) is 10.7. The topological polar surface area (TPSA) is 139 Å². The van der Waals surface area contributed by atoms with Gasteiger partial charge in [0.15, 0.2) is 27.0 Å². The van der Waals surface area contributed by atoms with Crippen LogP contribution in [0.5, 0.6) is 17.4 Å². The highest BCUT2D eigenvalue weighted by atomic mass is 32.2. The normalized spacial score (nSPS) is 19.1. The second-order valence-corrected chi connectivity index (χ2v) is 12.0. The van der Waals surface area contributed by atoms with Crippen molar-refractivity contribution in [1.82, 2.24) is 24.5 Å². The number of hydrogen-bond acceptors (Lipinski definition) is 10. The molecule has 12 heteroatoms. The first-order valence-electron chi connectivity index (χ1n) is 12.6. The quantitative estimate of drug-likeness (QED) is 0.311. The molecule has 39 heavy (non-hydrogen) atoms. The Labute approximate surface area is 226 Å². The van der Waals surface area contributed by atoms with Gasteiger partial charge in [0.1, 0.15) is 22.9 Å². The van der Waals surface area contributed by atoms with E-state index in [1.54, 1.807) is 56.0 Å². The Kier molecular flexibility index (Phi) is 7.17. The number of imidazole rings is 1. The van der Waals surface area contributed by atoms with E-state index in [1.165, 1.54) is 6.20 Å². The van der Waals surface area contributed by atoms with Crippen LogP contribution in [-0.4, -0.2) is 70.2 Å². The molecule has 0 unspecified atom stereocenters. The molecule has 1 saturated carbocycles. The first kappa shape index (κ1) is 26.8. The lowest BCUT2D eigenvalue weighted by atomic mass is 9.73. The minimum absolute atomic E-state index is 0.0121. The summed E-state index contributed by atoms with van der Waals surface area (Å²) < 4.78 is 44.6. The highest BCUT2D eigenvalue weighted by molar-refractivity contribution is 7.90. The van der Waals surface area contributed by atoms with Gasteiger partial charge in [0.2, 0.25) is 5.88 Å². The zero-order chi connectivity index (χ0) is 27.8. The van der Waals surface area contributed by atoms with E-state index in [2.05, 4.69) is 9.97 Å². The summed E-state index contributed by atoms with van der Waals surface area (Å²) in [6.45, 7) is 4.05. The molecule has 3 heterocycles. The molecule has 0 spiro atoms. The molecule has 0 saturated heterocycles. The van der Waals surface area contributed by atoms with Crippen LogP contribution in [-0.2, 0) is 15.6 Å². The van der Waals surface area contributed by atoms with Gasteiger partial charge in [-0.3, -0.25) is 4.57 Å². The molecule has 5 rings (SSSR count). The van der Waals surface area contributed by atoms with Gasteiger partial charge in [-0.2, -0.15) is 0 Å². The molecule has 206 valence electrons. The molecule has 1 fully saturated rings. The summed E-state index contributed by atoms with van der Waals surface area (Å²) in [5.41, 5.74) is 1.15. The number of benzene rings is 1. The van der Waals surface area contributed by atoms with E-state index in [0.29, 0.717) is 65.3 Å².